The van der Waals surface area contributed by atoms with E-state index in [0.717, 1.165) is 44.1 Å². The van der Waals surface area contributed by atoms with E-state index in [0.29, 0.717) is 40.8 Å². The van der Waals surface area contributed by atoms with Crippen LogP contribution in [0.4, 0.5) is 14.5 Å². The minimum Gasteiger partial charge on any atom is -0.370 e. The van der Waals surface area contributed by atoms with Gasteiger partial charge in [0.1, 0.15) is 11.6 Å². The molecule has 0 spiro atoms. The monoisotopic (exact) mass is 385 g/mol. The van der Waals surface area contributed by atoms with Gasteiger partial charge in [0, 0.05) is 43.2 Å². The lowest BCUT2D eigenvalue weighted by Gasteiger charge is -2.26. The molecule has 1 saturated heterocycles. The summed E-state index contributed by atoms with van der Waals surface area (Å²) in [5.74, 6) is -0.396. The van der Waals surface area contributed by atoms with Gasteiger partial charge >= 0.3 is 0 Å². The SMILES string of the molecule is Cc1ncc(C(=O)NCC2CC2)c(N2CCC(C)C2)c1-c1cc(F)cc(F)c1. The summed E-state index contributed by atoms with van der Waals surface area (Å²) >= 11 is 0. The van der Waals surface area contributed by atoms with E-state index in [4.69, 9.17) is 0 Å². The molecule has 6 heteroatoms. The van der Waals surface area contributed by atoms with Crippen molar-refractivity contribution >= 4 is 11.6 Å². The van der Waals surface area contributed by atoms with Crippen LogP contribution in [0.2, 0.25) is 0 Å². The number of hydrogen-bond acceptors (Lipinski definition) is 3. The summed E-state index contributed by atoms with van der Waals surface area (Å²) in [6, 6.07) is 3.47. The van der Waals surface area contributed by atoms with Gasteiger partial charge in [-0.3, -0.25) is 9.78 Å². The van der Waals surface area contributed by atoms with Gasteiger partial charge in [-0.2, -0.15) is 0 Å². The highest BCUT2D eigenvalue weighted by Crippen LogP contribution is 2.39. The van der Waals surface area contributed by atoms with E-state index in [1.807, 2.05) is 6.92 Å². The zero-order valence-corrected chi connectivity index (χ0v) is 16.3. The van der Waals surface area contributed by atoms with Crippen LogP contribution in [0.15, 0.2) is 24.4 Å². The molecule has 4 rings (SSSR count). The molecule has 2 fully saturated rings. The highest BCUT2D eigenvalue weighted by Gasteiger charge is 2.29. The molecule has 2 aromatic rings. The second-order valence-electron chi connectivity index (χ2n) is 8.13. The summed E-state index contributed by atoms with van der Waals surface area (Å²) in [5.41, 5.74) is 2.90. The van der Waals surface area contributed by atoms with E-state index in [1.54, 1.807) is 6.20 Å². The Kier molecular flexibility index (Phi) is 5.04. The van der Waals surface area contributed by atoms with E-state index in [9.17, 15) is 13.6 Å². The van der Waals surface area contributed by atoms with Gasteiger partial charge in [0.15, 0.2) is 0 Å². The molecule has 1 aromatic carbocycles. The first-order valence-corrected chi connectivity index (χ1v) is 9.91. The lowest BCUT2D eigenvalue weighted by Crippen LogP contribution is -2.30. The van der Waals surface area contributed by atoms with Gasteiger partial charge in [-0.05, 0) is 55.7 Å². The molecular formula is C22H25F2N3O. The van der Waals surface area contributed by atoms with Crippen LogP contribution in [-0.2, 0) is 0 Å². The Morgan fingerprint density at radius 3 is 2.54 bits per heavy atom. The molecule has 2 aliphatic rings. The molecule has 1 aliphatic carbocycles. The Bertz CT molecular complexity index is 891. The summed E-state index contributed by atoms with van der Waals surface area (Å²) in [7, 11) is 0. The van der Waals surface area contributed by atoms with Crippen molar-refractivity contribution in [2.75, 3.05) is 24.5 Å². The van der Waals surface area contributed by atoms with Crippen LogP contribution in [0.5, 0.6) is 0 Å². The lowest BCUT2D eigenvalue weighted by atomic mass is 9.98. The van der Waals surface area contributed by atoms with Crippen LogP contribution in [0, 0.1) is 30.4 Å². The van der Waals surface area contributed by atoms with E-state index in [1.165, 1.54) is 12.1 Å². The average molecular weight is 385 g/mol. The standard InChI is InChI=1S/C22H25F2N3O/c1-13-5-6-27(12-13)21-19(22(28)26-10-15-3-4-15)11-25-14(2)20(21)16-7-17(23)9-18(24)8-16/h7-9,11,13,15H,3-6,10,12H2,1-2H3,(H,26,28). The molecule has 1 unspecified atom stereocenters. The molecule has 28 heavy (non-hydrogen) atoms. The number of rotatable bonds is 5. The number of carbonyl (C=O) groups is 1. The van der Waals surface area contributed by atoms with Gasteiger partial charge < -0.3 is 10.2 Å². The van der Waals surface area contributed by atoms with Crippen LogP contribution in [-0.4, -0.2) is 30.5 Å². The zero-order chi connectivity index (χ0) is 19.8. The number of pyridine rings is 1. The van der Waals surface area contributed by atoms with Crippen molar-refractivity contribution in [1.82, 2.24) is 10.3 Å². The van der Waals surface area contributed by atoms with Crippen LogP contribution in [0.3, 0.4) is 0 Å². The maximum Gasteiger partial charge on any atom is 0.254 e. The van der Waals surface area contributed by atoms with Crippen molar-refractivity contribution in [2.45, 2.75) is 33.1 Å². The van der Waals surface area contributed by atoms with Crippen molar-refractivity contribution in [3.63, 3.8) is 0 Å². The molecule has 1 amide bonds. The number of nitrogens with one attached hydrogen (secondary N) is 1. The molecule has 1 N–H and O–H groups in total. The Morgan fingerprint density at radius 2 is 1.93 bits per heavy atom. The molecule has 148 valence electrons. The Balaban J connectivity index is 1.83. The molecule has 4 nitrogen and oxygen atoms in total. The number of aryl methyl sites for hydroxylation is 1. The Morgan fingerprint density at radius 1 is 1.21 bits per heavy atom. The van der Waals surface area contributed by atoms with Crippen molar-refractivity contribution in [1.29, 1.82) is 0 Å². The quantitative estimate of drug-likeness (QED) is 0.834. The van der Waals surface area contributed by atoms with Crippen molar-refractivity contribution in [3.05, 3.63) is 47.3 Å². The topological polar surface area (TPSA) is 45.2 Å². The zero-order valence-electron chi connectivity index (χ0n) is 16.3. The van der Waals surface area contributed by atoms with Gasteiger partial charge in [-0.15, -0.1) is 0 Å². The summed E-state index contributed by atoms with van der Waals surface area (Å²) in [5, 5.41) is 3.00. The maximum atomic E-state index is 13.9. The van der Waals surface area contributed by atoms with Gasteiger partial charge in [-0.25, -0.2) is 8.78 Å². The summed E-state index contributed by atoms with van der Waals surface area (Å²) in [6.45, 7) is 6.25. The second kappa shape index (κ2) is 7.49. The minimum absolute atomic E-state index is 0.174. The van der Waals surface area contributed by atoms with Gasteiger partial charge in [0.2, 0.25) is 0 Å². The largest absolute Gasteiger partial charge is 0.370 e. The predicted molar refractivity (Wildman–Crippen MR) is 105 cm³/mol. The molecule has 0 radical (unpaired) electrons. The second-order valence-corrected chi connectivity index (χ2v) is 8.13. The van der Waals surface area contributed by atoms with Crippen LogP contribution in [0.1, 0.15) is 42.2 Å². The number of aromatic nitrogens is 1. The summed E-state index contributed by atoms with van der Waals surface area (Å²) in [6.07, 6.45) is 4.91. The van der Waals surface area contributed by atoms with Crippen molar-refractivity contribution < 1.29 is 13.6 Å². The molecule has 1 atom stereocenters. The van der Waals surface area contributed by atoms with E-state index in [2.05, 4.69) is 22.1 Å². The lowest BCUT2D eigenvalue weighted by molar-refractivity contribution is 0.0952. The fraction of sp³-hybridized carbons (Fsp3) is 0.455. The third-order valence-electron chi connectivity index (χ3n) is 5.63. The average Bonchev–Trinajstić information content (AvgIpc) is 3.37. The Hall–Kier alpha value is -2.50. The van der Waals surface area contributed by atoms with E-state index >= 15 is 0 Å². The first kappa shape index (κ1) is 18.8. The third-order valence-corrected chi connectivity index (χ3v) is 5.63. The van der Waals surface area contributed by atoms with Gasteiger partial charge in [0.05, 0.1) is 11.3 Å². The first-order chi connectivity index (χ1) is 13.4. The summed E-state index contributed by atoms with van der Waals surface area (Å²) < 4.78 is 27.9. The molecule has 1 aromatic heterocycles. The number of benzene rings is 1. The highest BCUT2D eigenvalue weighted by atomic mass is 19.1. The van der Waals surface area contributed by atoms with Crippen LogP contribution in [0.25, 0.3) is 11.1 Å². The minimum atomic E-state index is -0.640. The normalized spacial score (nSPS) is 19.1. The molecule has 1 saturated carbocycles. The fourth-order valence-corrected chi connectivity index (χ4v) is 3.92. The molecule has 1 aliphatic heterocycles. The summed E-state index contributed by atoms with van der Waals surface area (Å²) in [4.78, 5) is 19.5. The van der Waals surface area contributed by atoms with Crippen molar-refractivity contribution in [2.24, 2.45) is 11.8 Å². The number of anilines is 1. The Labute approximate surface area is 164 Å². The number of halogens is 2. The van der Waals surface area contributed by atoms with Crippen LogP contribution >= 0.6 is 0 Å². The smallest absolute Gasteiger partial charge is 0.254 e. The third kappa shape index (κ3) is 3.86. The number of amides is 1. The highest BCUT2D eigenvalue weighted by molar-refractivity contribution is 6.03. The molecule has 2 heterocycles. The van der Waals surface area contributed by atoms with E-state index < -0.39 is 11.6 Å². The molecule has 0 bridgehead atoms. The maximum absolute atomic E-state index is 13.9. The van der Waals surface area contributed by atoms with Gasteiger partial charge in [-0.1, -0.05) is 6.92 Å². The van der Waals surface area contributed by atoms with E-state index in [-0.39, 0.29) is 5.91 Å². The number of carbonyl (C=O) groups excluding carboxylic acids is 1. The first-order valence-electron chi connectivity index (χ1n) is 9.91. The fourth-order valence-electron chi connectivity index (χ4n) is 3.92. The van der Waals surface area contributed by atoms with Crippen molar-refractivity contribution in [3.8, 4) is 11.1 Å². The van der Waals surface area contributed by atoms with Crippen LogP contribution < -0.4 is 10.2 Å². The number of hydrogen-bond donors (Lipinski definition) is 1. The number of nitrogens with zero attached hydrogens (tertiary/aromatic N) is 2. The molecular weight excluding hydrogens is 360 g/mol. The van der Waals surface area contributed by atoms with Gasteiger partial charge in [0.25, 0.3) is 5.91 Å². The predicted octanol–water partition coefficient (Wildman–Crippen LogP) is 4.32.